The Morgan fingerprint density at radius 2 is 1.63 bits per heavy atom. The first-order chi connectivity index (χ1) is 14.5. The molecule has 2 aromatic rings. The number of nitrogens with two attached hydrogens (primary N) is 1. The highest BCUT2D eigenvalue weighted by molar-refractivity contribution is 6.02. The quantitative estimate of drug-likeness (QED) is 0.624. The highest BCUT2D eigenvalue weighted by atomic mass is 16.2. The Labute approximate surface area is 176 Å². The number of carbonyl (C=O) groups is 3. The number of hydrogen-bond acceptors (Lipinski definition) is 4. The number of hydrogen-bond donors (Lipinski definition) is 3. The van der Waals surface area contributed by atoms with Gasteiger partial charge in [-0.2, -0.15) is 0 Å². The van der Waals surface area contributed by atoms with Crippen molar-refractivity contribution in [3.8, 4) is 0 Å². The highest BCUT2D eigenvalue weighted by Crippen LogP contribution is 2.16. The molecule has 0 radical (unpaired) electrons. The van der Waals surface area contributed by atoms with Gasteiger partial charge in [-0.05, 0) is 50.1 Å². The molecule has 7 nitrogen and oxygen atoms in total. The van der Waals surface area contributed by atoms with Crippen molar-refractivity contribution in [1.82, 2.24) is 10.2 Å². The fraction of sp³-hybridized carbons (Fsp3) is 0.348. The first-order valence-corrected chi connectivity index (χ1v) is 10.3. The Hall–Kier alpha value is -3.19. The van der Waals surface area contributed by atoms with Crippen molar-refractivity contribution in [1.29, 1.82) is 0 Å². The monoisotopic (exact) mass is 408 g/mol. The van der Waals surface area contributed by atoms with Crippen LogP contribution in [0.25, 0.3) is 0 Å². The number of nitrogens with zero attached hydrogens (tertiary/aromatic N) is 1. The fourth-order valence-corrected chi connectivity index (χ4v) is 3.64. The molecule has 158 valence electrons. The number of carbonyl (C=O) groups excluding carboxylic acids is 3. The predicted octanol–water partition coefficient (Wildman–Crippen LogP) is 2.40. The van der Waals surface area contributed by atoms with Gasteiger partial charge in [0, 0.05) is 31.1 Å². The number of nitrogens with one attached hydrogen (secondary N) is 2. The topological polar surface area (TPSA) is 105 Å². The zero-order valence-electron chi connectivity index (χ0n) is 17.0. The Bertz CT molecular complexity index is 877. The molecule has 4 N–H and O–H groups in total. The number of anilines is 1. The molecule has 3 rings (SSSR count). The third kappa shape index (κ3) is 6.15. The Balaban J connectivity index is 1.35. The molecule has 30 heavy (non-hydrogen) atoms. The lowest BCUT2D eigenvalue weighted by atomic mass is 10.0. The summed E-state index contributed by atoms with van der Waals surface area (Å²) in [4.78, 5) is 38.2. The summed E-state index contributed by atoms with van der Waals surface area (Å²) < 4.78 is 0. The minimum atomic E-state index is -0.562. The number of amides is 3. The third-order valence-corrected chi connectivity index (χ3v) is 5.30. The van der Waals surface area contributed by atoms with Gasteiger partial charge in [0.2, 0.25) is 5.91 Å². The lowest BCUT2D eigenvalue weighted by Crippen LogP contribution is -2.44. The second kappa shape index (κ2) is 10.5. The Kier molecular flexibility index (Phi) is 7.57. The van der Waals surface area contributed by atoms with Gasteiger partial charge in [0.25, 0.3) is 11.8 Å². The molecular formula is C23H28N4O3. The number of rotatable bonds is 8. The van der Waals surface area contributed by atoms with Crippen molar-refractivity contribution in [3.05, 3.63) is 65.7 Å². The molecule has 0 unspecified atom stereocenters. The van der Waals surface area contributed by atoms with E-state index in [2.05, 4.69) is 15.5 Å². The van der Waals surface area contributed by atoms with E-state index in [0.717, 1.165) is 38.9 Å². The normalized spacial score (nSPS) is 14.8. The maximum absolute atomic E-state index is 12.3. The van der Waals surface area contributed by atoms with Crippen LogP contribution in [-0.2, 0) is 4.79 Å². The van der Waals surface area contributed by atoms with Crippen molar-refractivity contribution in [2.24, 2.45) is 5.73 Å². The van der Waals surface area contributed by atoms with Crippen molar-refractivity contribution < 1.29 is 14.4 Å². The van der Waals surface area contributed by atoms with Crippen molar-refractivity contribution in [3.63, 3.8) is 0 Å². The van der Waals surface area contributed by atoms with Gasteiger partial charge < -0.3 is 21.3 Å². The molecule has 3 amide bonds. The molecule has 1 saturated heterocycles. The molecule has 0 atom stereocenters. The first-order valence-electron chi connectivity index (χ1n) is 10.3. The van der Waals surface area contributed by atoms with Gasteiger partial charge in [-0.25, -0.2) is 0 Å². The third-order valence-electron chi connectivity index (χ3n) is 5.30. The van der Waals surface area contributed by atoms with Crippen molar-refractivity contribution >= 4 is 23.4 Å². The van der Waals surface area contributed by atoms with Crippen LogP contribution in [-0.4, -0.2) is 48.3 Å². The highest BCUT2D eigenvalue weighted by Gasteiger charge is 2.21. The molecule has 0 spiro atoms. The summed E-state index contributed by atoms with van der Waals surface area (Å²) in [6, 6.07) is 16.2. The average Bonchev–Trinajstić information content (AvgIpc) is 2.76. The average molecular weight is 409 g/mol. The van der Waals surface area contributed by atoms with Gasteiger partial charge in [-0.3, -0.25) is 14.4 Å². The van der Waals surface area contributed by atoms with Crippen LogP contribution in [0.4, 0.5) is 5.69 Å². The predicted molar refractivity (Wildman–Crippen MR) is 116 cm³/mol. The number of piperidine rings is 1. The van der Waals surface area contributed by atoms with Crippen LogP contribution >= 0.6 is 0 Å². The maximum atomic E-state index is 12.3. The minimum Gasteiger partial charge on any atom is -0.366 e. The smallest absolute Gasteiger partial charge is 0.251 e. The molecule has 0 aromatic heterocycles. The standard InChI is InChI=1S/C23H28N4O3/c24-22(29)19-9-4-5-10-20(19)26-21(28)11-6-14-27-15-12-18(13-16-27)25-23(30)17-7-2-1-3-8-17/h1-5,7-10,18H,6,11-16H2,(H2,24,29)(H,25,30)(H,26,28). The van der Waals surface area contributed by atoms with Gasteiger partial charge in [-0.15, -0.1) is 0 Å². The van der Waals surface area contributed by atoms with Gasteiger partial charge >= 0.3 is 0 Å². The molecule has 0 aliphatic carbocycles. The van der Waals surface area contributed by atoms with Gasteiger partial charge in [-0.1, -0.05) is 30.3 Å². The number of likely N-dealkylation sites (tertiary alicyclic amines) is 1. The second-order valence-corrected chi connectivity index (χ2v) is 7.52. The first kappa shape index (κ1) is 21.5. The lowest BCUT2D eigenvalue weighted by molar-refractivity contribution is -0.116. The van der Waals surface area contributed by atoms with Crippen LogP contribution in [0.3, 0.4) is 0 Å². The zero-order valence-corrected chi connectivity index (χ0v) is 17.0. The van der Waals surface area contributed by atoms with Crippen molar-refractivity contribution in [2.75, 3.05) is 25.0 Å². The summed E-state index contributed by atoms with van der Waals surface area (Å²) in [7, 11) is 0. The van der Waals surface area contributed by atoms with Crippen LogP contribution in [0.5, 0.6) is 0 Å². The van der Waals surface area contributed by atoms with E-state index in [9.17, 15) is 14.4 Å². The van der Waals surface area contributed by atoms with Crippen LogP contribution in [0.1, 0.15) is 46.4 Å². The number of benzene rings is 2. The second-order valence-electron chi connectivity index (χ2n) is 7.52. The number of para-hydroxylation sites is 1. The van der Waals surface area contributed by atoms with E-state index in [1.807, 2.05) is 30.3 Å². The van der Waals surface area contributed by atoms with Gasteiger partial charge in [0.1, 0.15) is 0 Å². The van der Waals surface area contributed by atoms with Crippen LogP contribution in [0.15, 0.2) is 54.6 Å². The fourth-order valence-electron chi connectivity index (χ4n) is 3.64. The molecule has 1 heterocycles. The van der Waals surface area contributed by atoms with E-state index in [4.69, 9.17) is 5.73 Å². The molecule has 7 heteroatoms. The van der Waals surface area contributed by atoms with E-state index in [-0.39, 0.29) is 17.9 Å². The summed E-state index contributed by atoms with van der Waals surface area (Å²) in [6.45, 7) is 2.61. The molecule has 2 aromatic carbocycles. The van der Waals surface area contributed by atoms with Crippen molar-refractivity contribution in [2.45, 2.75) is 31.7 Å². The summed E-state index contributed by atoms with van der Waals surface area (Å²) in [5, 5.41) is 5.87. The largest absolute Gasteiger partial charge is 0.366 e. The zero-order chi connectivity index (χ0) is 21.3. The lowest BCUT2D eigenvalue weighted by Gasteiger charge is -2.32. The molecule has 1 fully saturated rings. The molecule has 0 bridgehead atoms. The van der Waals surface area contributed by atoms with Gasteiger partial charge in [0.15, 0.2) is 0 Å². The minimum absolute atomic E-state index is 0.0260. The summed E-state index contributed by atoms with van der Waals surface area (Å²) in [5.74, 6) is -0.719. The van der Waals surface area contributed by atoms with E-state index in [1.165, 1.54) is 0 Å². The number of primary amides is 1. The van der Waals surface area contributed by atoms with Gasteiger partial charge in [0.05, 0.1) is 11.3 Å². The van der Waals surface area contributed by atoms with E-state index in [1.54, 1.807) is 24.3 Å². The van der Waals surface area contributed by atoms with Crippen LogP contribution in [0.2, 0.25) is 0 Å². The van der Waals surface area contributed by atoms with E-state index < -0.39 is 5.91 Å². The summed E-state index contributed by atoms with van der Waals surface area (Å²) in [6.07, 6.45) is 2.90. The molecule has 1 aliphatic heterocycles. The van der Waals surface area contributed by atoms with E-state index in [0.29, 0.717) is 23.2 Å². The maximum Gasteiger partial charge on any atom is 0.251 e. The van der Waals surface area contributed by atoms with Crippen LogP contribution < -0.4 is 16.4 Å². The molecule has 1 aliphatic rings. The summed E-state index contributed by atoms with van der Waals surface area (Å²) >= 11 is 0. The SMILES string of the molecule is NC(=O)c1ccccc1NC(=O)CCCN1CCC(NC(=O)c2ccccc2)CC1. The molecule has 0 saturated carbocycles. The van der Waals surface area contributed by atoms with E-state index >= 15 is 0 Å². The Morgan fingerprint density at radius 3 is 2.33 bits per heavy atom. The Morgan fingerprint density at radius 1 is 0.967 bits per heavy atom. The summed E-state index contributed by atoms with van der Waals surface area (Å²) in [5.41, 5.74) is 6.78. The molecular weight excluding hydrogens is 380 g/mol. The van der Waals surface area contributed by atoms with Crippen LogP contribution in [0, 0.1) is 0 Å².